The van der Waals surface area contributed by atoms with Gasteiger partial charge < -0.3 is 14.8 Å². The highest BCUT2D eigenvalue weighted by molar-refractivity contribution is 6.34. The predicted molar refractivity (Wildman–Crippen MR) is 75.6 cm³/mol. The number of carbonyl (C=O) groups excluding carboxylic acids is 1. The molecular formula is C14H20ClNO3. The average molecular weight is 286 g/mol. The Morgan fingerprint density at radius 1 is 1.32 bits per heavy atom. The molecule has 0 aliphatic rings. The topological polar surface area (TPSA) is 47.6 Å². The molecule has 106 valence electrons. The molecule has 0 atom stereocenters. The van der Waals surface area contributed by atoms with Crippen molar-refractivity contribution in [1.29, 1.82) is 0 Å². The summed E-state index contributed by atoms with van der Waals surface area (Å²) in [5.74, 6) is -0.224. The quantitative estimate of drug-likeness (QED) is 0.784. The Morgan fingerprint density at radius 2 is 1.95 bits per heavy atom. The highest BCUT2D eigenvalue weighted by Gasteiger charge is 2.14. The Labute approximate surface area is 119 Å². The van der Waals surface area contributed by atoms with Gasteiger partial charge in [0.05, 0.1) is 17.1 Å². The third kappa shape index (κ3) is 4.82. The summed E-state index contributed by atoms with van der Waals surface area (Å²) < 4.78 is 10.7. The van der Waals surface area contributed by atoms with Crippen LogP contribution in [0.4, 0.5) is 0 Å². The minimum atomic E-state index is -0.428. The first kappa shape index (κ1) is 16.0. The fourth-order valence-electron chi connectivity index (χ4n) is 1.63. The molecule has 1 aromatic rings. The van der Waals surface area contributed by atoms with Crippen molar-refractivity contribution < 1.29 is 14.3 Å². The number of ether oxygens (including phenoxy) is 2. The van der Waals surface area contributed by atoms with E-state index in [0.29, 0.717) is 30.3 Å². The highest BCUT2D eigenvalue weighted by Crippen LogP contribution is 2.19. The zero-order valence-electron chi connectivity index (χ0n) is 11.5. The summed E-state index contributed by atoms with van der Waals surface area (Å²) in [4.78, 5) is 12.0. The van der Waals surface area contributed by atoms with Gasteiger partial charge in [-0.1, -0.05) is 23.7 Å². The molecule has 0 aliphatic heterocycles. The van der Waals surface area contributed by atoms with Gasteiger partial charge in [0, 0.05) is 13.2 Å². The number of carbonyl (C=O) groups is 1. The summed E-state index contributed by atoms with van der Waals surface area (Å²) in [6.07, 6.45) is -0.428. The fourth-order valence-corrected chi connectivity index (χ4v) is 1.84. The number of aryl methyl sites for hydroxylation is 1. The van der Waals surface area contributed by atoms with Crippen LogP contribution in [-0.4, -0.2) is 32.0 Å². The first-order chi connectivity index (χ1) is 9.10. The van der Waals surface area contributed by atoms with Crippen LogP contribution in [0, 0.1) is 6.92 Å². The zero-order valence-corrected chi connectivity index (χ0v) is 12.3. The maximum Gasteiger partial charge on any atom is 0.252 e. The molecule has 0 saturated heterocycles. The van der Waals surface area contributed by atoms with Crippen LogP contribution in [0.15, 0.2) is 18.2 Å². The molecule has 1 aromatic carbocycles. The molecule has 1 amide bonds. The van der Waals surface area contributed by atoms with Gasteiger partial charge in [0.2, 0.25) is 0 Å². The van der Waals surface area contributed by atoms with E-state index in [0.717, 1.165) is 5.56 Å². The van der Waals surface area contributed by atoms with Crippen LogP contribution in [-0.2, 0) is 9.47 Å². The summed E-state index contributed by atoms with van der Waals surface area (Å²) >= 11 is 6.10. The van der Waals surface area contributed by atoms with Crippen LogP contribution < -0.4 is 5.32 Å². The van der Waals surface area contributed by atoms with E-state index in [-0.39, 0.29) is 5.91 Å². The summed E-state index contributed by atoms with van der Waals surface area (Å²) in [5.41, 5.74) is 1.34. The van der Waals surface area contributed by atoms with E-state index in [9.17, 15) is 4.79 Å². The lowest BCUT2D eigenvalue weighted by molar-refractivity contribution is -0.131. The van der Waals surface area contributed by atoms with Crippen molar-refractivity contribution in [2.45, 2.75) is 27.1 Å². The van der Waals surface area contributed by atoms with Crippen LogP contribution in [0.25, 0.3) is 0 Å². The molecule has 0 aromatic heterocycles. The smallest absolute Gasteiger partial charge is 0.252 e. The van der Waals surface area contributed by atoms with E-state index < -0.39 is 6.29 Å². The first-order valence-electron chi connectivity index (χ1n) is 6.36. The Morgan fingerprint density at radius 3 is 2.53 bits per heavy atom. The number of benzene rings is 1. The average Bonchev–Trinajstić information content (AvgIpc) is 2.39. The molecule has 0 spiro atoms. The zero-order chi connectivity index (χ0) is 14.3. The second-order valence-electron chi connectivity index (χ2n) is 3.99. The van der Waals surface area contributed by atoms with E-state index in [1.807, 2.05) is 26.8 Å². The molecular weight excluding hydrogens is 266 g/mol. The number of halogens is 1. The van der Waals surface area contributed by atoms with Crippen molar-refractivity contribution in [2.75, 3.05) is 19.8 Å². The number of amides is 1. The highest BCUT2D eigenvalue weighted by atomic mass is 35.5. The number of hydrogen-bond donors (Lipinski definition) is 1. The van der Waals surface area contributed by atoms with Crippen LogP contribution in [0.1, 0.15) is 29.8 Å². The van der Waals surface area contributed by atoms with Gasteiger partial charge >= 0.3 is 0 Å². The van der Waals surface area contributed by atoms with E-state index >= 15 is 0 Å². The maximum atomic E-state index is 12.0. The number of hydrogen-bond acceptors (Lipinski definition) is 3. The second kappa shape index (κ2) is 8.15. The molecule has 0 unspecified atom stereocenters. The van der Waals surface area contributed by atoms with Gasteiger partial charge in [-0.05, 0) is 32.4 Å². The van der Waals surface area contributed by atoms with Crippen LogP contribution in [0.3, 0.4) is 0 Å². The first-order valence-corrected chi connectivity index (χ1v) is 6.74. The third-order valence-corrected chi connectivity index (χ3v) is 3.07. The van der Waals surface area contributed by atoms with Gasteiger partial charge in [-0.2, -0.15) is 0 Å². The molecule has 4 nitrogen and oxygen atoms in total. The van der Waals surface area contributed by atoms with E-state index in [1.54, 1.807) is 12.1 Å². The SMILES string of the molecule is CCOC(CNC(=O)c1cccc(C)c1Cl)OCC. The lowest BCUT2D eigenvalue weighted by Gasteiger charge is -2.17. The van der Waals surface area contributed by atoms with Crippen LogP contribution >= 0.6 is 11.6 Å². The fraction of sp³-hybridized carbons (Fsp3) is 0.500. The third-order valence-electron chi connectivity index (χ3n) is 2.57. The van der Waals surface area contributed by atoms with Gasteiger partial charge in [0.25, 0.3) is 5.91 Å². The van der Waals surface area contributed by atoms with Gasteiger partial charge in [0.1, 0.15) is 0 Å². The van der Waals surface area contributed by atoms with Crippen LogP contribution in [0.2, 0.25) is 5.02 Å². The summed E-state index contributed by atoms with van der Waals surface area (Å²) in [7, 11) is 0. The van der Waals surface area contributed by atoms with E-state index in [4.69, 9.17) is 21.1 Å². The molecule has 1 N–H and O–H groups in total. The monoisotopic (exact) mass is 285 g/mol. The van der Waals surface area contributed by atoms with Crippen molar-refractivity contribution >= 4 is 17.5 Å². The Kier molecular flexibility index (Phi) is 6.84. The molecule has 0 radical (unpaired) electrons. The predicted octanol–water partition coefficient (Wildman–Crippen LogP) is 2.78. The Balaban J connectivity index is 2.61. The van der Waals surface area contributed by atoms with Gasteiger partial charge in [0.15, 0.2) is 6.29 Å². The molecule has 5 heteroatoms. The summed E-state index contributed by atoms with van der Waals surface area (Å²) in [5, 5.41) is 3.24. The maximum absolute atomic E-state index is 12.0. The molecule has 0 heterocycles. The molecule has 19 heavy (non-hydrogen) atoms. The number of nitrogens with one attached hydrogen (secondary N) is 1. The van der Waals surface area contributed by atoms with Crippen molar-refractivity contribution in [2.24, 2.45) is 0 Å². The van der Waals surface area contributed by atoms with Gasteiger partial charge in [-0.15, -0.1) is 0 Å². The minimum absolute atomic E-state index is 0.224. The molecule has 1 rings (SSSR count). The minimum Gasteiger partial charge on any atom is -0.351 e. The van der Waals surface area contributed by atoms with E-state index in [2.05, 4.69) is 5.32 Å². The Hall–Kier alpha value is -1.10. The van der Waals surface area contributed by atoms with Crippen molar-refractivity contribution in [3.63, 3.8) is 0 Å². The van der Waals surface area contributed by atoms with Crippen molar-refractivity contribution in [3.05, 3.63) is 34.3 Å². The molecule has 0 bridgehead atoms. The molecule has 0 aliphatic carbocycles. The van der Waals surface area contributed by atoms with E-state index in [1.165, 1.54) is 0 Å². The Bertz CT molecular complexity index is 417. The van der Waals surface area contributed by atoms with Gasteiger partial charge in [-0.25, -0.2) is 0 Å². The normalized spacial score (nSPS) is 10.8. The number of rotatable bonds is 7. The molecule has 0 saturated carbocycles. The van der Waals surface area contributed by atoms with Crippen molar-refractivity contribution in [3.8, 4) is 0 Å². The lowest BCUT2D eigenvalue weighted by Crippen LogP contribution is -2.35. The van der Waals surface area contributed by atoms with Crippen LogP contribution in [0.5, 0.6) is 0 Å². The summed E-state index contributed by atoms with van der Waals surface area (Å²) in [6, 6.07) is 5.36. The second-order valence-corrected chi connectivity index (χ2v) is 4.36. The summed E-state index contributed by atoms with van der Waals surface area (Å²) in [6.45, 7) is 6.99. The lowest BCUT2D eigenvalue weighted by atomic mass is 10.1. The van der Waals surface area contributed by atoms with Gasteiger partial charge in [-0.3, -0.25) is 4.79 Å². The largest absolute Gasteiger partial charge is 0.351 e. The molecule has 0 fully saturated rings. The van der Waals surface area contributed by atoms with Crippen molar-refractivity contribution in [1.82, 2.24) is 5.32 Å². The standard InChI is InChI=1S/C14H20ClNO3/c1-4-18-12(19-5-2)9-16-14(17)11-8-6-7-10(3)13(11)15/h6-8,12H,4-5,9H2,1-3H3,(H,16,17).